The van der Waals surface area contributed by atoms with E-state index in [1.165, 1.54) is 21.0 Å². The molecule has 0 aliphatic rings. The van der Waals surface area contributed by atoms with Gasteiger partial charge in [0.05, 0.1) is 12.3 Å². The number of hydrogen-bond acceptors (Lipinski definition) is 5. The molecule has 2 unspecified atom stereocenters. The SMILES string of the molecule is C=C(NS(=O)N(c1ccc(OCc2cccc(-c3c(C)cccc3C)c2)cc1)C(C)C(=O)OCC)OC(C)(C)C. The first-order valence-corrected chi connectivity index (χ1v) is 14.4. The second kappa shape index (κ2) is 13.5. The summed E-state index contributed by atoms with van der Waals surface area (Å²) in [5, 5.41) is 0. The molecule has 3 aromatic carbocycles. The Morgan fingerprint density at radius 2 is 1.65 bits per heavy atom. The molecular formula is C32H40N2O5S. The molecule has 8 heteroatoms. The summed E-state index contributed by atoms with van der Waals surface area (Å²) in [6.07, 6.45) is 0. The minimum atomic E-state index is -1.88. The van der Waals surface area contributed by atoms with Crippen molar-refractivity contribution in [3.8, 4) is 16.9 Å². The van der Waals surface area contributed by atoms with Crippen molar-refractivity contribution in [2.75, 3.05) is 10.9 Å². The van der Waals surface area contributed by atoms with E-state index in [9.17, 15) is 9.00 Å². The summed E-state index contributed by atoms with van der Waals surface area (Å²) < 4.78 is 34.4. The Morgan fingerprint density at radius 1 is 1.02 bits per heavy atom. The van der Waals surface area contributed by atoms with Gasteiger partial charge in [0.2, 0.25) is 11.2 Å². The van der Waals surface area contributed by atoms with Crippen molar-refractivity contribution in [3.63, 3.8) is 0 Å². The Kier molecular flexibility index (Phi) is 10.4. The fourth-order valence-electron chi connectivity index (χ4n) is 4.30. The average molecular weight is 565 g/mol. The number of benzene rings is 3. The topological polar surface area (TPSA) is 77.1 Å². The van der Waals surface area contributed by atoms with E-state index in [0.717, 1.165) is 11.1 Å². The fraction of sp³-hybridized carbons (Fsp3) is 0.344. The largest absolute Gasteiger partial charge is 0.489 e. The van der Waals surface area contributed by atoms with Crippen LogP contribution in [0.15, 0.2) is 79.2 Å². The molecule has 0 saturated carbocycles. The van der Waals surface area contributed by atoms with Gasteiger partial charge in [-0.05, 0) is 113 Å². The van der Waals surface area contributed by atoms with Crippen LogP contribution >= 0.6 is 0 Å². The highest BCUT2D eigenvalue weighted by atomic mass is 32.2. The lowest BCUT2D eigenvalue weighted by Gasteiger charge is -2.30. The number of hydrogen-bond donors (Lipinski definition) is 1. The molecule has 0 saturated heterocycles. The third-order valence-corrected chi connectivity index (χ3v) is 7.27. The molecular weight excluding hydrogens is 524 g/mol. The molecule has 7 nitrogen and oxygen atoms in total. The van der Waals surface area contributed by atoms with Crippen LogP contribution < -0.4 is 13.8 Å². The minimum Gasteiger partial charge on any atom is -0.489 e. The summed E-state index contributed by atoms with van der Waals surface area (Å²) in [5.74, 6) is 0.281. The van der Waals surface area contributed by atoms with Crippen LogP contribution in [0.2, 0.25) is 0 Å². The van der Waals surface area contributed by atoms with Crippen molar-refractivity contribution in [1.82, 2.24) is 4.72 Å². The van der Waals surface area contributed by atoms with Crippen LogP contribution in [0.1, 0.15) is 51.3 Å². The zero-order valence-corrected chi connectivity index (χ0v) is 25.3. The molecule has 0 aliphatic carbocycles. The molecule has 40 heavy (non-hydrogen) atoms. The molecule has 0 radical (unpaired) electrons. The highest BCUT2D eigenvalue weighted by Crippen LogP contribution is 2.29. The summed E-state index contributed by atoms with van der Waals surface area (Å²) in [4.78, 5) is 12.6. The van der Waals surface area contributed by atoms with Gasteiger partial charge in [-0.15, -0.1) is 0 Å². The number of rotatable bonds is 12. The molecule has 0 bridgehead atoms. The van der Waals surface area contributed by atoms with Gasteiger partial charge in [0.25, 0.3) is 0 Å². The van der Waals surface area contributed by atoms with Crippen molar-refractivity contribution in [3.05, 3.63) is 95.9 Å². The van der Waals surface area contributed by atoms with Crippen molar-refractivity contribution < 1.29 is 23.2 Å². The number of nitrogens with one attached hydrogen (secondary N) is 1. The van der Waals surface area contributed by atoms with Gasteiger partial charge in [0, 0.05) is 0 Å². The number of nitrogens with zero attached hydrogens (tertiary/aromatic N) is 1. The Morgan fingerprint density at radius 3 is 2.25 bits per heavy atom. The van der Waals surface area contributed by atoms with E-state index >= 15 is 0 Å². The van der Waals surface area contributed by atoms with Gasteiger partial charge in [-0.1, -0.05) is 36.4 Å². The monoisotopic (exact) mass is 564 g/mol. The summed E-state index contributed by atoms with van der Waals surface area (Å²) >= 11 is -1.88. The maximum atomic E-state index is 13.3. The summed E-state index contributed by atoms with van der Waals surface area (Å²) in [6, 6.07) is 20.9. The first-order chi connectivity index (χ1) is 18.9. The molecule has 0 aliphatic heterocycles. The van der Waals surface area contributed by atoms with Crippen LogP contribution in [0.3, 0.4) is 0 Å². The van der Waals surface area contributed by atoms with E-state index in [4.69, 9.17) is 14.2 Å². The van der Waals surface area contributed by atoms with Gasteiger partial charge < -0.3 is 14.2 Å². The fourth-order valence-corrected chi connectivity index (χ4v) is 5.32. The number of carbonyl (C=O) groups is 1. The lowest BCUT2D eigenvalue weighted by atomic mass is 9.95. The number of esters is 1. The van der Waals surface area contributed by atoms with Gasteiger partial charge >= 0.3 is 5.97 Å². The Bertz CT molecular complexity index is 1330. The minimum absolute atomic E-state index is 0.134. The van der Waals surface area contributed by atoms with Gasteiger partial charge in [0.15, 0.2) is 5.88 Å². The zero-order valence-electron chi connectivity index (χ0n) is 24.4. The number of anilines is 1. The van der Waals surface area contributed by atoms with Crippen molar-refractivity contribution in [1.29, 1.82) is 0 Å². The Hall–Kier alpha value is -3.78. The molecule has 3 aromatic rings. The van der Waals surface area contributed by atoms with Gasteiger partial charge in [-0.3, -0.25) is 9.03 Å². The highest BCUT2D eigenvalue weighted by Gasteiger charge is 2.29. The third-order valence-electron chi connectivity index (χ3n) is 5.98. The maximum Gasteiger partial charge on any atom is 0.329 e. The molecule has 2 atom stereocenters. The Labute approximate surface area is 240 Å². The first kappa shape index (κ1) is 30.8. The van der Waals surface area contributed by atoms with Gasteiger partial charge in [-0.25, -0.2) is 9.00 Å². The molecule has 0 aromatic heterocycles. The second-order valence-electron chi connectivity index (χ2n) is 10.5. The van der Waals surface area contributed by atoms with Gasteiger partial charge in [-0.2, -0.15) is 0 Å². The number of carbonyl (C=O) groups excluding carboxylic acids is 1. The van der Waals surface area contributed by atoms with E-state index in [1.54, 1.807) is 38.1 Å². The lowest BCUT2D eigenvalue weighted by Crippen LogP contribution is -2.46. The quantitative estimate of drug-likeness (QED) is 0.194. The molecule has 3 rings (SSSR count). The van der Waals surface area contributed by atoms with Crippen LogP contribution in [-0.2, 0) is 32.0 Å². The van der Waals surface area contributed by atoms with Crippen LogP contribution in [0.5, 0.6) is 5.75 Å². The van der Waals surface area contributed by atoms with Crippen molar-refractivity contribution >= 4 is 22.8 Å². The average Bonchev–Trinajstić information content (AvgIpc) is 2.87. The van der Waals surface area contributed by atoms with Crippen LogP contribution in [0.25, 0.3) is 11.1 Å². The molecule has 0 fully saturated rings. The predicted octanol–water partition coefficient (Wildman–Crippen LogP) is 6.76. The van der Waals surface area contributed by atoms with E-state index in [-0.39, 0.29) is 12.5 Å². The van der Waals surface area contributed by atoms with E-state index in [0.29, 0.717) is 18.0 Å². The van der Waals surface area contributed by atoms with Gasteiger partial charge in [0.1, 0.15) is 24.0 Å². The van der Waals surface area contributed by atoms with Crippen molar-refractivity contribution in [2.24, 2.45) is 0 Å². The number of ether oxygens (including phenoxy) is 3. The third kappa shape index (κ3) is 8.36. The predicted molar refractivity (Wildman–Crippen MR) is 162 cm³/mol. The second-order valence-corrected chi connectivity index (χ2v) is 11.6. The van der Waals surface area contributed by atoms with Crippen LogP contribution in [0.4, 0.5) is 5.69 Å². The normalized spacial score (nSPS) is 12.7. The smallest absolute Gasteiger partial charge is 0.329 e. The Balaban J connectivity index is 1.76. The molecule has 214 valence electrons. The first-order valence-electron chi connectivity index (χ1n) is 13.3. The number of aryl methyl sites for hydroxylation is 2. The summed E-state index contributed by atoms with van der Waals surface area (Å²) in [6.45, 7) is 17.6. The summed E-state index contributed by atoms with van der Waals surface area (Å²) in [7, 11) is 0. The summed E-state index contributed by atoms with van der Waals surface area (Å²) in [5.41, 5.74) is 5.92. The van der Waals surface area contributed by atoms with E-state index in [2.05, 4.69) is 55.5 Å². The van der Waals surface area contributed by atoms with E-state index < -0.39 is 28.8 Å². The molecule has 1 N–H and O–H groups in total. The lowest BCUT2D eigenvalue weighted by molar-refractivity contribution is -0.144. The van der Waals surface area contributed by atoms with Crippen LogP contribution in [0, 0.1) is 13.8 Å². The van der Waals surface area contributed by atoms with E-state index in [1.807, 2.05) is 32.9 Å². The maximum absolute atomic E-state index is 13.3. The zero-order chi connectivity index (χ0) is 29.4. The highest BCUT2D eigenvalue weighted by molar-refractivity contribution is 7.84. The molecule has 0 heterocycles. The van der Waals surface area contributed by atoms with Crippen LogP contribution in [-0.4, -0.2) is 28.4 Å². The molecule has 0 spiro atoms. The van der Waals surface area contributed by atoms with Crippen molar-refractivity contribution in [2.45, 2.75) is 66.7 Å². The molecule has 0 amide bonds. The standard InChI is InChI=1S/C32H40N2O5S/c1-9-37-31(35)24(4)34(40(36)33-25(5)39-32(6,7)8)28-16-18-29(19-17-28)38-21-26-14-11-15-27(20-26)30-22(2)12-10-13-23(30)3/h10-20,24,33H,5,9,21H2,1-4,6-8H3.